The average Bonchev–Trinajstić information content (AvgIpc) is 2.54. The number of halogens is 1. The van der Waals surface area contributed by atoms with E-state index >= 15 is 0 Å². The number of nitrogens with one attached hydrogen (secondary N) is 1. The Morgan fingerprint density at radius 1 is 1.67 bits per heavy atom. The van der Waals surface area contributed by atoms with Crippen LogP contribution < -0.4 is 0 Å². The van der Waals surface area contributed by atoms with Crippen LogP contribution in [0, 0.1) is 0 Å². The second-order valence-corrected chi connectivity index (χ2v) is 5.02. The molecule has 1 saturated heterocycles. The van der Waals surface area contributed by atoms with E-state index < -0.39 is 0 Å². The summed E-state index contributed by atoms with van der Waals surface area (Å²) >= 11 is 5.39. The van der Waals surface area contributed by atoms with Gasteiger partial charge in [0.05, 0.1) is 0 Å². The highest BCUT2D eigenvalue weighted by Crippen LogP contribution is 2.30. The number of aromatic amines is 1. The topological polar surface area (TPSA) is 28.7 Å². The van der Waals surface area contributed by atoms with Crippen LogP contribution >= 0.6 is 27.7 Å². The lowest BCUT2D eigenvalue weighted by molar-refractivity contribution is 0.641. The average molecular weight is 247 g/mol. The molecule has 12 heavy (non-hydrogen) atoms. The van der Waals surface area contributed by atoms with Crippen molar-refractivity contribution in [2.75, 3.05) is 11.5 Å². The van der Waals surface area contributed by atoms with Crippen molar-refractivity contribution >= 4 is 27.7 Å². The van der Waals surface area contributed by atoms with Gasteiger partial charge in [-0.1, -0.05) is 0 Å². The molecule has 0 bridgehead atoms. The maximum Gasteiger partial charge on any atom is 0.128 e. The lowest BCUT2D eigenvalue weighted by Gasteiger charge is -2.19. The molecule has 1 atom stereocenters. The predicted octanol–water partition coefficient (Wildman–Crippen LogP) is 2.78. The van der Waals surface area contributed by atoms with E-state index in [4.69, 9.17) is 0 Å². The van der Waals surface area contributed by atoms with Crippen LogP contribution in [0.2, 0.25) is 0 Å². The summed E-state index contributed by atoms with van der Waals surface area (Å²) < 4.78 is 0.924. The first-order valence-corrected chi connectivity index (χ1v) is 6.09. The summed E-state index contributed by atoms with van der Waals surface area (Å²) in [5.74, 6) is 3.27. The highest BCUT2D eigenvalue weighted by atomic mass is 79.9. The van der Waals surface area contributed by atoms with E-state index in [0.29, 0.717) is 5.92 Å². The van der Waals surface area contributed by atoms with Crippen molar-refractivity contribution in [3.05, 3.63) is 16.4 Å². The lowest BCUT2D eigenvalue weighted by atomic mass is 10.0. The molecule has 1 aliphatic heterocycles. The highest BCUT2D eigenvalue weighted by Gasteiger charge is 2.17. The summed E-state index contributed by atoms with van der Waals surface area (Å²) in [4.78, 5) is 0. The molecule has 66 valence electrons. The standard InChI is InChI=1S/C8H11BrN2S/c9-8-4-7(10-11-8)6-2-1-3-12-5-6/h4,6H,1-3,5H2,(H,10,11). The Kier molecular flexibility index (Phi) is 2.76. The van der Waals surface area contributed by atoms with Crippen LogP contribution in [0.15, 0.2) is 10.7 Å². The Hall–Kier alpha value is 0.0400. The zero-order valence-electron chi connectivity index (χ0n) is 6.72. The Bertz CT molecular complexity index is 255. The molecule has 2 rings (SSSR count). The minimum absolute atomic E-state index is 0.697. The minimum atomic E-state index is 0.697. The molecule has 0 aliphatic carbocycles. The van der Waals surface area contributed by atoms with E-state index in [9.17, 15) is 0 Å². The first-order chi connectivity index (χ1) is 5.86. The van der Waals surface area contributed by atoms with Crippen molar-refractivity contribution in [1.82, 2.24) is 10.2 Å². The van der Waals surface area contributed by atoms with E-state index in [2.05, 4.69) is 32.2 Å². The van der Waals surface area contributed by atoms with Crippen LogP contribution in [0.1, 0.15) is 24.5 Å². The molecule has 0 amide bonds. The first-order valence-electron chi connectivity index (χ1n) is 4.15. The molecule has 1 unspecified atom stereocenters. The smallest absolute Gasteiger partial charge is 0.128 e. The number of aromatic nitrogens is 2. The molecule has 4 heteroatoms. The van der Waals surface area contributed by atoms with Gasteiger partial charge in [0.15, 0.2) is 0 Å². The van der Waals surface area contributed by atoms with Gasteiger partial charge in [-0.25, -0.2) is 0 Å². The minimum Gasteiger partial charge on any atom is -0.281 e. The zero-order chi connectivity index (χ0) is 8.39. The third kappa shape index (κ3) is 1.85. The maximum absolute atomic E-state index is 4.07. The van der Waals surface area contributed by atoms with Crippen LogP contribution in [0.5, 0.6) is 0 Å². The second-order valence-electron chi connectivity index (χ2n) is 3.06. The molecule has 1 aromatic heterocycles. The van der Waals surface area contributed by atoms with Crippen molar-refractivity contribution in [2.45, 2.75) is 18.8 Å². The second kappa shape index (κ2) is 3.83. The fraction of sp³-hybridized carbons (Fsp3) is 0.625. The fourth-order valence-corrected chi connectivity index (χ4v) is 3.01. The number of hydrogen-bond acceptors (Lipinski definition) is 2. The van der Waals surface area contributed by atoms with Crippen molar-refractivity contribution in [3.63, 3.8) is 0 Å². The van der Waals surface area contributed by atoms with Crippen molar-refractivity contribution in [3.8, 4) is 0 Å². The van der Waals surface area contributed by atoms with Gasteiger partial charge in [-0.15, -0.1) is 0 Å². The number of hydrogen-bond donors (Lipinski definition) is 1. The normalized spacial score (nSPS) is 24.2. The SMILES string of the molecule is Brc1cc(C2CCCSC2)[nH]n1. The monoisotopic (exact) mass is 246 g/mol. The van der Waals surface area contributed by atoms with Gasteiger partial charge in [0.2, 0.25) is 0 Å². The largest absolute Gasteiger partial charge is 0.281 e. The van der Waals surface area contributed by atoms with Gasteiger partial charge >= 0.3 is 0 Å². The molecule has 2 heterocycles. The van der Waals surface area contributed by atoms with Gasteiger partial charge in [0.25, 0.3) is 0 Å². The molecule has 0 spiro atoms. The molecule has 1 aromatic rings. The fourth-order valence-electron chi connectivity index (χ4n) is 1.51. The van der Waals surface area contributed by atoms with Crippen molar-refractivity contribution in [2.24, 2.45) is 0 Å². The number of rotatable bonds is 1. The molecular weight excluding hydrogens is 236 g/mol. The van der Waals surface area contributed by atoms with Gasteiger partial charge in [-0.05, 0) is 40.6 Å². The Morgan fingerprint density at radius 2 is 2.58 bits per heavy atom. The van der Waals surface area contributed by atoms with E-state index in [1.807, 2.05) is 11.8 Å². The summed E-state index contributed by atoms with van der Waals surface area (Å²) in [6, 6.07) is 2.09. The van der Waals surface area contributed by atoms with E-state index in [-0.39, 0.29) is 0 Å². The van der Waals surface area contributed by atoms with E-state index in [1.165, 1.54) is 30.0 Å². The van der Waals surface area contributed by atoms with Crippen LogP contribution in [0.4, 0.5) is 0 Å². The predicted molar refractivity (Wildman–Crippen MR) is 55.6 cm³/mol. The van der Waals surface area contributed by atoms with Gasteiger partial charge < -0.3 is 0 Å². The van der Waals surface area contributed by atoms with Crippen LogP contribution in [0.25, 0.3) is 0 Å². The molecule has 1 aliphatic rings. The van der Waals surface area contributed by atoms with Crippen LogP contribution in [-0.2, 0) is 0 Å². The molecule has 1 N–H and O–H groups in total. The third-order valence-corrected chi connectivity index (χ3v) is 3.79. The number of H-pyrrole nitrogens is 1. The Labute approximate surface area is 84.6 Å². The molecule has 0 saturated carbocycles. The summed E-state index contributed by atoms with van der Waals surface area (Å²) in [6.45, 7) is 0. The zero-order valence-corrected chi connectivity index (χ0v) is 9.12. The highest BCUT2D eigenvalue weighted by molar-refractivity contribution is 9.10. The van der Waals surface area contributed by atoms with Gasteiger partial charge in [0.1, 0.15) is 4.60 Å². The molecule has 0 aromatic carbocycles. The molecular formula is C8H11BrN2S. The molecule has 0 radical (unpaired) electrons. The van der Waals surface area contributed by atoms with Crippen molar-refractivity contribution in [1.29, 1.82) is 0 Å². The van der Waals surface area contributed by atoms with E-state index in [0.717, 1.165) is 4.60 Å². The van der Waals surface area contributed by atoms with Gasteiger partial charge in [-0.3, -0.25) is 5.10 Å². The van der Waals surface area contributed by atoms with Crippen LogP contribution in [-0.4, -0.2) is 21.7 Å². The quantitative estimate of drug-likeness (QED) is 0.826. The Morgan fingerprint density at radius 3 is 3.17 bits per heavy atom. The first kappa shape index (κ1) is 8.63. The van der Waals surface area contributed by atoms with E-state index in [1.54, 1.807) is 0 Å². The summed E-state index contributed by atoms with van der Waals surface area (Å²) in [5.41, 5.74) is 1.29. The number of thioether (sulfide) groups is 1. The maximum atomic E-state index is 4.07. The summed E-state index contributed by atoms with van der Waals surface area (Å²) in [6.07, 6.45) is 2.65. The molecule has 1 fully saturated rings. The number of nitrogens with zero attached hydrogens (tertiary/aromatic N) is 1. The summed E-state index contributed by atoms with van der Waals surface area (Å²) in [5, 5.41) is 7.14. The molecule has 2 nitrogen and oxygen atoms in total. The van der Waals surface area contributed by atoms with Crippen molar-refractivity contribution < 1.29 is 0 Å². The van der Waals surface area contributed by atoms with Crippen LogP contribution in [0.3, 0.4) is 0 Å². The lowest BCUT2D eigenvalue weighted by Crippen LogP contribution is -2.08. The third-order valence-electron chi connectivity index (χ3n) is 2.17. The Balaban J connectivity index is 2.08. The summed E-state index contributed by atoms with van der Waals surface area (Å²) in [7, 11) is 0. The van der Waals surface area contributed by atoms with Gasteiger partial charge in [-0.2, -0.15) is 16.9 Å². The van der Waals surface area contributed by atoms with Gasteiger partial charge in [0, 0.05) is 17.4 Å².